The van der Waals surface area contributed by atoms with Crippen LogP contribution in [0.25, 0.3) is 11.1 Å². The molecule has 0 saturated heterocycles. The molecule has 0 saturated carbocycles. The zero-order valence-electron chi connectivity index (χ0n) is 19.6. The number of nitrogens with zero attached hydrogens (tertiary/aromatic N) is 1. The summed E-state index contributed by atoms with van der Waals surface area (Å²) in [7, 11) is 0. The quantitative estimate of drug-likeness (QED) is 0.432. The van der Waals surface area contributed by atoms with E-state index in [2.05, 4.69) is 27.8 Å². The number of rotatable bonds is 8. The third-order valence-corrected chi connectivity index (χ3v) is 6.56. The number of benzene rings is 2. The van der Waals surface area contributed by atoms with Crippen LogP contribution in [-0.2, 0) is 9.53 Å². The second-order valence-electron chi connectivity index (χ2n) is 8.43. The molecule has 2 aromatic carbocycles. The van der Waals surface area contributed by atoms with Gasteiger partial charge in [0.15, 0.2) is 0 Å². The Morgan fingerprint density at radius 2 is 1.54 bits per heavy atom. The van der Waals surface area contributed by atoms with Crippen LogP contribution in [0, 0.1) is 0 Å². The zero-order chi connectivity index (χ0) is 25.0. The molecular formula is C27H27N3O5. The first-order valence-electron chi connectivity index (χ1n) is 11.5. The van der Waals surface area contributed by atoms with E-state index in [1.165, 1.54) is 18.3 Å². The van der Waals surface area contributed by atoms with Gasteiger partial charge in [-0.25, -0.2) is 14.6 Å². The summed E-state index contributed by atoms with van der Waals surface area (Å²) in [5.74, 6) is -1.74. The lowest BCUT2D eigenvalue weighted by Crippen LogP contribution is -2.53. The van der Waals surface area contributed by atoms with Crippen LogP contribution in [0.5, 0.6) is 0 Å². The largest absolute Gasteiger partial charge is 0.480 e. The Balaban J connectivity index is 1.37. The van der Waals surface area contributed by atoms with E-state index < -0.39 is 23.5 Å². The molecule has 1 aliphatic rings. The molecule has 1 aliphatic carbocycles. The Kier molecular flexibility index (Phi) is 6.82. The second-order valence-corrected chi connectivity index (χ2v) is 8.43. The van der Waals surface area contributed by atoms with E-state index in [0.717, 1.165) is 22.3 Å². The van der Waals surface area contributed by atoms with Crippen molar-refractivity contribution in [2.24, 2.45) is 0 Å². The van der Waals surface area contributed by atoms with Gasteiger partial charge in [0, 0.05) is 5.92 Å². The Morgan fingerprint density at radius 1 is 0.943 bits per heavy atom. The molecular weight excluding hydrogens is 446 g/mol. The van der Waals surface area contributed by atoms with Crippen LogP contribution in [0.15, 0.2) is 66.9 Å². The molecule has 0 bridgehead atoms. The number of carbonyl (C=O) groups excluding carboxylic acids is 2. The van der Waals surface area contributed by atoms with Gasteiger partial charge in [-0.1, -0.05) is 62.4 Å². The Bertz CT molecular complexity index is 1210. The number of pyridine rings is 1. The average Bonchev–Trinajstić information content (AvgIpc) is 3.20. The summed E-state index contributed by atoms with van der Waals surface area (Å²) in [6.45, 7) is 3.58. The third kappa shape index (κ3) is 4.73. The van der Waals surface area contributed by atoms with Crippen molar-refractivity contribution in [3.63, 3.8) is 0 Å². The van der Waals surface area contributed by atoms with E-state index in [0.29, 0.717) is 5.69 Å². The smallest absolute Gasteiger partial charge is 0.411 e. The van der Waals surface area contributed by atoms with Gasteiger partial charge in [-0.2, -0.15) is 0 Å². The van der Waals surface area contributed by atoms with Gasteiger partial charge in [-0.3, -0.25) is 10.1 Å². The average molecular weight is 474 g/mol. The number of carboxylic acid groups (broad SMARTS) is 1. The molecule has 0 fully saturated rings. The van der Waals surface area contributed by atoms with Crippen molar-refractivity contribution in [2.45, 2.75) is 38.1 Å². The maximum absolute atomic E-state index is 12.5. The van der Waals surface area contributed by atoms with Crippen molar-refractivity contribution < 1.29 is 24.2 Å². The van der Waals surface area contributed by atoms with Gasteiger partial charge < -0.3 is 15.2 Å². The minimum atomic E-state index is -1.35. The predicted octanol–water partition coefficient (Wildman–Crippen LogP) is 4.82. The molecule has 0 unspecified atom stereocenters. The number of nitrogens with one attached hydrogen (secondary N) is 2. The maximum atomic E-state index is 12.5. The van der Waals surface area contributed by atoms with Crippen LogP contribution in [-0.4, -0.2) is 40.2 Å². The number of hydrogen-bond acceptors (Lipinski definition) is 5. The number of carboxylic acids is 1. The summed E-state index contributed by atoms with van der Waals surface area (Å²) in [6, 6.07) is 19.1. The molecule has 1 heterocycles. The summed E-state index contributed by atoms with van der Waals surface area (Å²) >= 11 is 0. The van der Waals surface area contributed by atoms with Crippen molar-refractivity contribution in [1.29, 1.82) is 0 Å². The van der Waals surface area contributed by atoms with Gasteiger partial charge in [-0.15, -0.1) is 0 Å². The number of amides is 2. The van der Waals surface area contributed by atoms with E-state index >= 15 is 0 Å². The third-order valence-electron chi connectivity index (χ3n) is 6.56. The van der Waals surface area contributed by atoms with Crippen LogP contribution in [0.4, 0.5) is 10.5 Å². The highest BCUT2D eigenvalue weighted by atomic mass is 16.5. The minimum absolute atomic E-state index is 0.0515. The van der Waals surface area contributed by atoms with Crippen LogP contribution in [0.3, 0.4) is 0 Å². The molecule has 0 radical (unpaired) electrons. The molecule has 8 nitrogen and oxygen atoms in total. The molecule has 0 atom stereocenters. The van der Waals surface area contributed by atoms with Crippen molar-refractivity contribution >= 4 is 23.7 Å². The second kappa shape index (κ2) is 9.97. The summed E-state index contributed by atoms with van der Waals surface area (Å²) < 4.78 is 5.52. The summed E-state index contributed by atoms with van der Waals surface area (Å²) in [5.41, 5.74) is 3.59. The van der Waals surface area contributed by atoms with Gasteiger partial charge in [0.25, 0.3) is 5.91 Å². The topological polar surface area (TPSA) is 118 Å². The predicted molar refractivity (Wildman–Crippen MR) is 131 cm³/mol. The standard InChI is InChI=1S/C27H27N3O5/c1-3-27(4-2,25(32)33)30-24(31)23-14-13-17(15-28-23)29-26(34)35-16-22-20-11-7-5-9-18(20)19-10-6-8-12-21(19)22/h5-15,22H,3-4,16H2,1-2H3,(H,29,34)(H,30,31)(H,32,33). The van der Waals surface area contributed by atoms with Gasteiger partial charge in [0.05, 0.1) is 11.9 Å². The van der Waals surface area contributed by atoms with Crippen LogP contribution >= 0.6 is 0 Å². The molecule has 8 heteroatoms. The molecule has 2 amide bonds. The highest BCUT2D eigenvalue weighted by Gasteiger charge is 2.37. The molecule has 4 rings (SSSR count). The van der Waals surface area contributed by atoms with Crippen molar-refractivity contribution in [1.82, 2.24) is 10.3 Å². The molecule has 3 aromatic rings. The van der Waals surface area contributed by atoms with Crippen molar-refractivity contribution in [3.8, 4) is 11.1 Å². The van der Waals surface area contributed by atoms with E-state index in [1.54, 1.807) is 13.8 Å². The molecule has 35 heavy (non-hydrogen) atoms. The monoisotopic (exact) mass is 473 g/mol. The van der Waals surface area contributed by atoms with Gasteiger partial charge in [0.2, 0.25) is 0 Å². The van der Waals surface area contributed by atoms with E-state index in [9.17, 15) is 19.5 Å². The van der Waals surface area contributed by atoms with E-state index in [1.807, 2.05) is 36.4 Å². The number of hydrogen-bond donors (Lipinski definition) is 3. The van der Waals surface area contributed by atoms with Gasteiger partial charge in [-0.05, 0) is 47.2 Å². The normalized spacial score (nSPS) is 12.4. The lowest BCUT2D eigenvalue weighted by molar-refractivity contribution is -0.144. The number of aromatic nitrogens is 1. The Morgan fingerprint density at radius 3 is 2.06 bits per heavy atom. The van der Waals surface area contributed by atoms with Crippen molar-refractivity contribution in [3.05, 3.63) is 83.7 Å². The van der Waals surface area contributed by atoms with E-state index in [4.69, 9.17) is 4.74 Å². The first kappa shape index (κ1) is 23.9. The Hall–Kier alpha value is -4.20. The number of ether oxygens (including phenoxy) is 1. The summed E-state index contributed by atoms with van der Waals surface area (Å²) in [4.78, 5) is 40.7. The molecule has 3 N–H and O–H groups in total. The van der Waals surface area contributed by atoms with Gasteiger partial charge >= 0.3 is 12.1 Å². The number of fused-ring (bicyclic) bond motifs is 3. The first-order chi connectivity index (χ1) is 16.9. The maximum Gasteiger partial charge on any atom is 0.411 e. The highest BCUT2D eigenvalue weighted by molar-refractivity contribution is 5.96. The van der Waals surface area contributed by atoms with Crippen LogP contribution in [0.2, 0.25) is 0 Å². The highest BCUT2D eigenvalue weighted by Crippen LogP contribution is 2.44. The lowest BCUT2D eigenvalue weighted by Gasteiger charge is -2.27. The molecule has 180 valence electrons. The first-order valence-corrected chi connectivity index (χ1v) is 11.5. The minimum Gasteiger partial charge on any atom is -0.480 e. The van der Waals surface area contributed by atoms with Crippen molar-refractivity contribution in [2.75, 3.05) is 11.9 Å². The van der Waals surface area contributed by atoms with Gasteiger partial charge in [0.1, 0.15) is 17.8 Å². The molecule has 1 aromatic heterocycles. The van der Waals surface area contributed by atoms with E-state index in [-0.39, 0.29) is 31.1 Å². The molecule has 0 aliphatic heterocycles. The summed E-state index contributed by atoms with van der Waals surface area (Å²) in [6.07, 6.45) is 1.18. The fraction of sp³-hybridized carbons (Fsp3) is 0.259. The number of carbonyl (C=O) groups is 3. The Labute approximate surface area is 203 Å². The number of anilines is 1. The molecule has 0 spiro atoms. The fourth-order valence-electron chi connectivity index (χ4n) is 4.42. The number of aliphatic carboxylic acids is 1. The lowest BCUT2D eigenvalue weighted by atomic mass is 9.93. The summed E-state index contributed by atoms with van der Waals surface area (Å²) in [5, 5.41) is 14.7. The van der Waals surface area contributed by atoms with Crippen LogP contribution in [0.1, 0.15) is 54.2 Å². The fourth-order valence-corrected chi connectivity index (χ4v) is 4.42. The van der Waals surface area contributed by atoms with Crippen LogP contribution < -0.4 is 10.6 Å². The zero-order valence-corrected chi connectivity index (χ0v) is 19.6. The SMILES string of the molecule is CCC(CC)(NC(=O)c1ccc(NC(=O)OCC2c3ccccc3-c3ccccc32)cn1)C(=O)O.